The van der Waals surface area contributed by atoms with Gasteiger partial charge in [-0.05, 0) is 28.8 Å². The molecule has 16 heavy (non-hydrogen) atoms. The molecule has 1 saturated heterocycles. The van der Waals surface area contributed by atoms with E-state index in [1.54, 1.807) is 13.3 Å². The van der Waals surface area contributed by atoms with Crippen molar-refractivity contribution in [1.29, 1.82) is 0 Å². The van der Waals surface area contributed by atoms with Gasteiger partial charge in [0.05, 0.1) is 17.8 Å². The Morgan fingerprint density at radius 3 is 2.81 bits per heavy atom. The standard InChI is InChI=1S/C10H15BrN4O/c1-16-9-8(11)7-12-10(13-9)14-15-5-3-2-4-6-15/h7H,2-6H2,1H3,(H,12,13,14). The first-order chi connectivity index (χ1) is 7.79. The molecular weight excluding hydrogens is 272 g/mol. The van der Waals surface area contributed by atoms with Crippen LogP contribution >= 0.6 is 15.9 Å². The lowest BCUT2D eigenvalue weighted by atomic mass is 10.2. The van der Waals surface area contributed by atoms with Crippen LogP contribution in [0.5, 0.6) is 5.88 Å². The van der Waals surface area contributed by atoms with Crippen LogP contribution in [0.2, 0.25) is 0 Å². The molecule has 1 aromatic rings. The third-order valence-electron chi connectivity index (χ3n) is 2.52. The van der Waals surface area contributed by atoms with Gasteiger partial charge in [0, 0.05) is 13.1 Å². The predicted molar refractivity (Wildman–Crippen MR) is 65.3 cm³/mol. The number of nitrogens with zero attached hydrogens (tertiary/aromatic N) is 3. The minimum Gasteiger partial charge on any atom is -0.480 e. The van der Waals surface area contributed by atoms with Gasteiger partial charge in [-0.15, -0.1) is 0 Å². The number of rotatable bonds is 3. The largest absolute Gasteiger partial charge is 0.480 e. The van der Waals surface area contributed by atoms with E-state index >= 15 is 0 Å². The van der Waals surface area contributed by atoms with Gasteiger partial charge in [0.1, 0.15) is 0 Å². The molecule has 0 bridgehead atoms. The quantitative estimate of drug-likeness (QED) is 0.922. The van der Waals surface area contributed by atoms with E-state index in [0.29, 0.717) is 11.8 Å². The van der Waals surface area contributed by atoms with Crippen LogP contribution in [0, 0.1) is 0 Å². The van der Waals surface area contributed by atoms with Crippen LogP contribution in [0.4, 0.5) is 5.95 Å². The van der Waals surface area contributed by atoms with E-state index in [0.717, 1.165) is 17.6 Å². The minimum absolute atomic E-state index is 0.550. The highest BCUT2D eigenvalue weighted by Gasteiger charge is 2.12. The average Bonchev–Trinajstić information content (AvgIpc) is 2.33. The van der Waals surface area contributed by atoms with Crippen molar-refractivity contribution in [3.8, 4) is 5.88 Å². The summed E-state index contributed by atoms with van der Waals surface area (Å²) < 4.78 is 5.88. The van der Waals surface area contributed by atoms with Gasteiger partial charge in [0.2, 0.25) is 11.8 Å². The highest BCUT2D eigenvalue weighted by Crippen LogP contribution is 2.22. The Bertz CT molecular complexity index is 355. The number of hydrogen-bond donors (Lipinski definition) is 1. The van der Waals surface area contributed by atoms with Crippen molar-refractivity contribution in [3.63, 3.8) is 0 Å². The van der Waals surface area contributed by atoms with Crippen molar-refractivity contribution in [1.82, 2.24) is 15.0 Å². The summed E-state index contributed by atoms with van der Waals surface area (Å²) in [6, 6.07) is 0. The molecule has 0 spiro atoms. The molecule has 0 unspecified atom stereocenters. The fraction of sp³-hybridized carbons (Fsp3) is 0.600. The van der Waals surface area contributed by atoms with E-state index in [1.165, 1.54) is 19.3 Å². The normalized spacial score (nSPS) is 17.1. The van der Waals surface area contributed by atoms with Crippen LogP contribution < -0.4 is 10.2 Å². The number of piperidine rings is 1. The Hall–Kier alpha value is -0.880. The number of anilines is 1. The number of hydrazine groups is 1. The van der Waals surface area contributed by atoms with E-state index in [9.17, 15) is 0 Å². The predicted octanol–water partition coefficient (Wildman–Crippen LogP) is 2.06. The smallest absolute Gasteiger partial charge is 0.240 e. The molecule has 0 aromatic carbocycles. The van der Waals surface area contributed by atoms with E-state index in [1.807, 2.05) is 0 Å². The Balaban J connectivity index is 2.03. The third-order valence-corrected chi connectivity index (χ3v) is 3.06. The number of hydrogen-bond acceptors (Lipinski definition) is 5. The molecular formula is C10H15BrN4O. The van der Waals surface area contributed by atoms with E-state index in [2.05, 4.69) is 36.3 Å². The average molecular weight is 287 g/mol. The van der Waals surface area contributed by atoms with Crippen LogP contribution in [-0.4, -0.2) is 35.2 Å². The summed E-state index contributed by atoms with van der Waals surface area (Å²) in [6.07, 6.45) is 5.45. The maximum absolute atomic E-state index is 5.12. The third kappa shape index (κ3) is 2.82. The molecule has 0 radical (unpaired) electrons. The van der Waals surface area contributed by atoms with Crippen LogP contribution in [0.3, 0.4) is 0 Å². The molecule has 2 rings (SSSR count). The first kappa shape index (κ1) is 11.6. The van der Waals surface area contributed by atoms with Gasteiger partial charge in [0.15, 0.2) is 0 Å². The van der Waals surface area contributed by atoms with Crippen molar-refractivity contribution >= 4 is 21.9 Å². The van der Waals surface area contributed by atoms with Crippen LogP contribution in [0.25, 0.3) is 0 Å². The number of methoxy groups -OCH3 is 1. The molecule has 0 atom stereocenters. The second-order valence-electron chi connectivity index (χ2n) is 3.71. The molecule has 1 aliphatic rings. The van der Waals surface area contributed by atoms with Crippen molar-refractivity contribution in [2.45, 2.75) is 19.3 Å². The van der Waals surface area contributed by atoms with Gasteiger partial charge in [-0.1, -0.05) is 6.42 Å². The molecule has 1 aromatic heterocycles. The molecule has 0 amide bonds. The molecule has 5 nitrogen and oxygen atoms in total. The molecule has 6 heteroatoms. The first-order valence-corrected chi connectivity index (χ1v) is 6.17. The zero-order valence-corrected chi connectivity index (χ0v) is 10.8. The van der Waals surface area contributed by atoms with Gasteiger partial charge in [-0.2, -0.15) is 4.98 Å². The molecule has 1 fully saturated rings. The zero-order valence-electron chi connectivity index (χ0n) is 9.24. The van der Waals surface area contributed by atoms with Gasteiger partial charge < -0.3 is 4.74 Å². The van der Waals surface area contributed by atoms with E-state index in [4.69, 9.17) is 4.74 Å². The van der Waals surface area contributed by atoms with E-state index in [-0.39, 0.29) is 0 Å². The maximum Gasteiger partial charge on any atom is 0.240 e. The summed E-state index contributed by atoms with van der Waals surface area (Å²) in [5.41, 5.74) is 3.19. The Labute approximate surface area is 103 Å². The van der Waals surface area contributed by atoms with Gasteiger partial charge >= 0.3 is 0 Å². The molecule has 0 aliphatic carbocycles. The fourth-order valence-electron chi connectivity index (χ4n) is 1.70. The van der Waals surface area contributed by atoms with Crippen LogP contribution in [-0.2, 0) is 0 Å². The van der Waals surface area contributed by atoms with Gasteiger partial charge in [0.25, 0.3) is 0 Å². The summed E-state index contributed by atoms with van der Waals surface area (Å²) in [5, 5.41) is 2.15. The maximum atomic E-state index is 5.12. The number of ether oxygens (including phenoxy) is 1. The molecule has 2 heterocycles. The van der Waals surface area contributed by atoms with Crippen LogP contribution in [0.1, 0.15) is 19.3 Å². The topological polar surface area (TPSA) is 50.3 Å². The van der Waals surface area contributed by atoms with Gasteiger partial charge in [-0.3, -0.25) is 5.43 Å². The van der Waals surface area contributed by atoms with E-state index < -0.39 is 0 Å². The SMILES string of the molecule is COc1nc(NN2CCCCC2)ncc1Br. The monoisotopic (exact) mass is 286 g/mol. The minimum atomic E-state index is 0.550. The molecule has 0 saturated carbocycles. The number of nitrogens with one attached hydrogen (secondary N) is 1. The zero-order chi connectivity index (χ0) is 11.4. The highest BCUT2D eigenvalue weighted by atomic mass is 79.9. The molecule has 1 N–H and O–H groups in total. The van der Waals surface area contributed by atoms with Crippen molar-refractivity contribution in [2.24, 2.45) is 0 Å². The van der Waals surface area contributed by atoms with Crippen molar-refractivity contribution in [2.75, 3.05) is 25.6 Å². The lowest BCUT2D eigenvalue weighted by Gasteiger charge is -2.26. The Kier molecular flexibility index (Phi) is 3.95. The summed E-state index contributed by atoms with van der Waals surface area (Å²) in [7, 11) is 1.60. The van der Waals surface area contributed by atoms with Crippen LogP contribution in [0.15, 0.2) is 10.7 Å². The summed E-state index contributed by atoms with van der Waals surface area (Å²) in [5.74, 6) is 1.14. The highest BCUT2D eigenvalue weighted by molar-refractivity contribution is 9.10. The van der Waals surface area contributed by atoms with Crippen molar-refractivity contribution < 1.29 is 4.74 Å². The van der Waals surface area contributed by atoms with Gasteiger partial charge in [-0.25, -0.2) is 9.99 Å². The second kappa shape index (κ2) is 5.45. The second-order valence-corrected chi connectivity index (χ2v) is 4.56. The Morgan fingerprint density at radius 2 is 2.12 bits per heavy atom. The number of halogens is 1. The first-order valence-electron chi connectivity index (χ1n) is 5.38. The summed E-state index contributed by atoms with van der Waals surface area (Å²) in [4.78, 5) is 8.44. The summed E-state index contributed by atoms with van der Waals surface area (Å²) >= 11 is 3.32. The summed E-state index contributed by atoms with van der Waals surface area (Å²) in [6.45, 7) is 2.09. The lowest BCUT2D eigenvalue weighted by Crippen LogP contribution is -2.35. The fourth-order valence-corrected chi connectivity index (χ4v) is 2.05. The molecule has 1 aliphatic heterocycles. The molecule has 88 valence electrons. The van der Waals surface area contributed by atoms with Crippen molar-refractivity contribution in [3.05, 3.63) is 10.7 Å². The lowest BCUT2D eigenvalue weighted by molar-refractivity contribution is 0.270. The number of aromatic nitrogens is 2. The Morgan fingerprint density at radius 1 is 1.38 bits per heavy atom.